The second-order valence-corrected chi connectivity index (χ2v) is 12.6. The molecule has 254 valence electrons. The Kier molecular flexibility index (Phi) is 22.9. The SMILES string of the molecule is CCCCC[C@H](O)/C=C/[C@H]1[C@H](O)CC(=O)[C@@H]1C/C=C\CCCC(=O)O[C@@H](CO)COC(=O)CCCCCCCCC(C)CC. The summed E-state index contributed by atoms with van der Waals surface area (Å²) in [6, 6.07) is 0. The largest absolute Gasteiger partial charge is 0.462 e. The maximum Gasteiger partial charge on any atom is 0.306 e. The molecule has 0 aromatic rings. The Morgan fingerprint density at radius 1 is 0.932 bits per heavy atom. The molecule has 1 aliphatic rings. The van der Waals surface area contributed by atoms with E-state index in [1.54, 1.807) is 12.2 Å². The highest BCUT2D eigenvalue weighted by atomic mass is 16.6. The van der Waals surface area contributed by atoms with Crippen LogP contribution in [0.1, 0.15) is 136 Å². The van der Waals surface area contributed by atoms with Crippen LogP contribution in [0.3, 0.4) is 0 Å². The van der Waals surface area contributed by atoms with E-state index in [0.29, 0.717) is 32.1 Å². The fraction of sp³-hybridized carbons (Fsp3) is 0.806. The fourth-order valence-electron chi connectivity index (χ4n) is 5.51. The van der Waals surface area contributed by atoms with Gasteiger partial charge < -0.3 is 24.8 Å². The minimum Gasteiger partial charge on any atom is -0.462 e. The van der Waals surface area contributed by atoms with Crippen LogP contribution in [0.15, 0.2) is 24.3 Å². The standard InChI is InChI=1S/C36H62O8/c1-4-6-13-19-29(38)23-24-32-31(33(39)25-34(32)40)20-15-11-12-17-22-36(42)44-30(26-37)27-43-35(41)21-16-10-8-7-9-14-18-28(3)5-2/h11,15,23-24,28-32,34,37-38,40H,4-10,12-14,16-22,25-27H2,1-3H3/b15-11-,24-23+/t28?,29-,30-,31+,32+,34+/m0/s1. The van der Waals surface area contributed by atoms with E-state index in [1.165, 1.54) is 32.1 Å². The van der Waals surface area contributed by atoms with Crippen molar-refractivity contribution in [2.45, 2.75) is 155 Å². The molecule has 0 bridgehead atoms. The van der Waals surface area contributed by atoms with E-state index >= 15 is 0 Å². The number of esters is 2. The fourth-order valence-corrected chi connectivity index (χ4v) is 5.51. The van der Waals surface area contributed by atoms with Crippen LogP contribution in [0.25, 0.3) is 0 Å². The van der Waals surface area contributed by atoms with Gasteiger partial charge in [0.1, 0.15) is 12.4 Å². The van der Waals surface area contributed by atoms with Crippen LogP contribution in [0.5, 0.6) is 0 Å². The summed E-state index contributed by atoms with van der Waals surface area (Å²) in [5.41, 5.74) is 0. The summed E-state index contributed by atoms with van der Waals surface area (Å²) in [7, 11) is 0. The van der Waals surface area contributed by atoms with Crippen molar-refractivity contribution < 1.29 is 39.2 Å². The normalized spacial score (nSPS) is 20.8. The van der Waals surface area contributed by atoms with Gasteiger partial charge in [-0.05, 0) is 38.0 Å². The molecular formula is C36H62O8. The summed E-state index contributed by atoms with van der Waals surface area (Å²) < 4.78 is 10.5. The first-order valence-electron chi connectivity index (χ1n) is 17.4. The van der Waals surface area contributed by atoms with E-state index in [0.717, 1.165) is 44.4 Å². The molecule has 0 aromatic heterocycles. The van der Waals surface area contributed by atoms with Crippen molar-refractivity contribution in [3.63, 3.8) is 0 Å². The van der Waals surface area contributed by atoms with Crippen molar-refractivity contribution in [1.29, 1.82) is 0 Å². The first-order chi connectivity index (χ1) is 21.2. The number of carbonyl (C=O) groups excluding carboxylic acids is 3. The molecule has 0 saturated heterocycles. The number of unbranched alkanes of at least 4 members (excludes halogenated alkanes) is 8. The van der Waals surface area contributed by atoms with E-state index in [1.807, 2.05) is 12.2 Å². The third-order valence-electron chi connectivity index (χ3n) is 8.66. The number of rotatable bonds is 26. The average molecular weight is 623 g/mol. The number of hydrogen-bond donors (Lipinski definition) is 3. The van der Waals surface area contributed by atoms with Gasteiger partial charge in [0, 0.05) is 31.1 Å². The molecule has 44 heavy (non-hydrogen) atoms. The third-order valence-corrected chi connectivity index (χ3v) is 8.66. The topological polar surface area (TPSA) is 130 Å². The first kappa shape index (κ1) is 40.0. The summed E-state index contributed by atoms with van der Waals surface area (Å²) in [5, 5.41) is 30.0. The van der Waals surface area contributed by atoms with Crippen molar-refractivity contribution in [2.24, 2.45) is 17.8 Å². The van der Waals surface area contributed by atoms with Crippen molar-refractivity contribution >= 4 is 17.7 Å². The molecule has 0 spiro atoms. The lowest BCUT2D eigenvalue weighted by Gasteiger charge is -2.16. The molecule has 1 saturated carbocycles. The molecule has 0 aromatic carbocycles. The van der Waals surface area contributed by atoms with Crippen LogP contribution in [-0.4, -0.2) is 64.6 Å². The summed E-state index contributed by atoms with van der Waals surface area (Å²) in [5.74, 6) is -0.589. The smallest absolute Gasteiger partial charge is 0.306 e. The van der Waals surface area contributed by atoms with Crippen LogP contribution in [0, 0.1) is 17.8 Å². The van der Waals surface area contributed by atoms with Gasteiger partial charge in [0.25, 0.3) is 0 Å². The zero-order valence-electron chi connectivity index (χ0n) is 27.8. The molecule has 1 rings (SSSR count). The van der Waals surface area contributed by atoms with Crippen molar-refractivity contribution in [3.8, 4) is 0 Å². The van der Waals surface area contributed by atoms with E-state index in [9.17, 15) is 29.7 Å². The molecular weight excluding hydrogens is 560 g/mol. The number of ketones is 1. The zero-order chi connectivity index (χ0) is 32.6. The predicted molar refractivity (Wildman–Crippen MR) is 174 cm³/mol. The van der Waals surface area contributed by atoms with Crippen LogP contribution in [0.2, 0.25) is 0 Å². The number of hydrogen-bond acceptors (Lipinski definition) is 8. The predicted octanol–water partition coefficient (Wildman–Crippen LogP) is 6.78. The lowest BCUT2D eigenvalue weighted by molar-refractivity contribution is -0.161. The molecule has 0 radical (unpaired) electrons. The summed E-state index contributed by atoms with van der Waals surface area (Å²) >= 11 is 0. The molecule has 0 amide bonds. The average Bonchev–Trinajstić information content (AvgIpc) is 3.28. The van der Waals surface area contributed by atoms with E-state index in [-0.39, 0.29) is 43.0 Å². The van der Waals surface area contributed by atoms with Gasteiger partial charge in [-0.1, -0.05) is 109 Å². The minimum absolute atomic E-state index is 0.0273. The maximum atomic E-state index is 12.4. The van der Waals surface area contributed by atoms with Gasteiger partial charge in [-0.15, -0.1) is 0 Å². The van der Waals surface area contributed by atoms with Crippen molar-refractivity contribution in [1.82, 2.24) is 0 Å². The number of aliphatic hydroxyl groups is 3. The Hall–Kier alpha value is -2.03. The van der Waals surface area contributed by atoms with Crippen molar-refractivity contribution in [3.05, 3.63) is 24.3 Å². The van der Waals surface area contributed by atoms with Gasteiger partial charge in [0.2, 0.25) is 0 Å². The molecule has 1 fully saturated rings. The van der Waals surface area contributed by atoms with Gasteiger partial charge in [-0.2, -0.15) is 0 Å². The van der Waals surface area contributed by atoms with E-state index in [2.05, 4.69) is 20.8 Å². The number of ether oxygens (including phenoxy) is 2. The van der Waals surface area contributed by atoms with Gasteiger partial charge >= 0.3 is 11.9 Å². The van der Waals surface area contributed by atoms with E-state index < -0.39 is 30.9 Å². The number of allylic oxidation sites excluding steroid dienone is 2. The minimum atomic E-state index is -0.873. The quantitative estimate of drug-likeness (QED) is 0.0547. The Labute approximate surface area is 266 Å². The van der Waals surface area contributed by atoms with Crippen LogP contribution in [0.4, 0.5) is 0 Å². The Morgan fingerprint density at radius 2 is 1.61 bits per heavy atom. The highest BCUT2D eigenvalue weighted by molar-refractivity contribution is 5.84. The molecule has 0 aliphatic heterocycles. The maximum absolute atomic E-state index is 12.4. The summed E-state index contributed by atoms with van der Waals surface area (Å²) in [6.45, 7) is 6.07. The van der Waals surface area contributed by atoms with Crippen LogP contribution in [-0.2, 0) is 23.9 Å². The summed E-state index contributed by atoms with van der Waals surface area (Å²) in [6.07, 6.45) is 20.3. The number of aliphatic hydroxyl groups excluding tert-OH is 3. The van der Waals surface area contributed by atoms with Crippen molar-refractivity contribution in [2.75, 3.05) is 13.2 Å². The van der Waals surface area contributed by atoms with Crippen LogP contribution >= 0.6 is 0 Å². The van der Waals surface area contributed by atoms with Gasteiger partial charge in [0.15, 0.2) is 6.10 Å². The number of carbonyl (C=O) groups is 3. The molecule has 1 unspecified atom stereocenters. The lowest BCUT2D eigenvalue weighted by Crippen LogP contribution is -2.28. The second-order valence-electron chi connectivity index (χ2n) is 12.6. The van der Waals surface area contributed by atoms with Gasteiger partial charge in [0.05, 0.1) is 18.8 Å². The summed E-state index contributed by atoms with van der Waals surface area (Å²) in [4.78, 5) is 36.7. The molecule has 3 N–H and O–H groups in total. The highest BCUT2D eigenvalue weighted by Crippen LogP contribution is 2.33. The molecule has 8 nitrogen and oxygen atoms in total. The Balaban J connectivity index is 2.22. The molecule has 6 atom stereocenters. The monoisotopic (exact) mass is 622 g/mol. The molecule has 8 heteroatoms. The first-order valence-corrected chi connectivity index (χ1v) is 17.4. The zero-order valence-corrected chi connectivity index (χ0v) is 27.8. The van der Waals surface area contributed by atoms with Gasteiger partial charge in [-0.25, -0.2) is 0 Å². The van der Waals surface area contributed by atoms with Gasteiger partial charge in [-0.3, -0.25) is 14.4 Å². The highest BCUT2D eigenvalue weighted by Gasteiger charge is 2.39. The molecule has 0 heterocycles. The Bertz CT molecular complexity index is 838. The third kappa shape index (κ3) is 18.7. The number of Topliss-reactive ketones (excluding diaryl/α,β-unsaturated/α-hetero) is 1. The lowest BCUT2D eigenvalue weighted by atomic mass is 9.90. The van der Waals surface area contributed by atoms with E-state index in [4.69, 9.17) is 9.47 Å². The second kappa shape index (κ2) is 25.2. The Morgan fingerprint density at radius 3 is 2.32 bits per heavy atom. The molecule has 1 aliphatic carbocycles. The van der Waals surface area contributed by atoms with Crippen LogP contribution < -0.4 is 0 Å².